The number of carbonyl (C=O) groups is 4. The van der Waals surface area contributed by atoms with Gasteiger partial charge in [-0.05, 0) is 49.4 Å². The fourth-order valence-electron chi connectivity index (χ4n) is 3.49. The summed E-state index contributed by atoms with van der Waals surface area (Å²) in [6.45, 7) is 1.91. The minimum absolute atomic E-state index is 0.157. The first-order valence-corrected chi connectivity index (χ1v) is 10.0. The van der Waals surface area contributed by atoms with Gasteiger partial charge in [-0.3, -0.25) is 24.3 Å². The maximum atomic E-state index is 12.7. The van der Waals surface area contributed by atoms with E-state index in [2.05, 4.69) is 10.3 Å². The summed E-state index contributed by atoms with van der Waals surface area (Å²) < 4.78 is 5.00. The number of nitrogens with two attached hydrogens (primary N) is 1. The molecule has 9 nitrogen and oxygen atoms in total. The minimum atomic E-state index is -0.566. The summed E-state index contributed by atoms with van der Waals surface area (Å²) in [7, 11) is 0. The highest BCUT2D eigenvalue weighted by atomic mass is 16.5. The van der Waals surface area contributed by atoms with Crippen LogP contribution in [0.1, 0.15) is 40.5 Å². The molecule has 1 aliphatic heterocycles. The van der Waals surface area contributed by atoms with Crippen LogP contribution in [0.2, 0.25) is 0 Å². The van der Waals surface area contributed by atoms with E-state index in [1.807, 2.05) is 0 Å². The number of rotatable bonds is 5. The highest BCUT2D eigenvalue weighted by Crippen LogP contribution is 2.27. The quantitative estimate of drug-likeness (QED) is 0.468. The van der Waals surface area contributed by atoms with Crippen molar-refractivity contribution in [2.45, 2.75) is 19.8 Å². The van der Waals surface area contributed by atoms with Crippen molar-refractivity contribution in [2.75, 3.05) is 22.6 Å². The van der Waals surface area contributed by atoms with E-state index in [1.54, 1.807) is 49.4 Å². The normalized spacial score (nSPS) is 13.5. The van der Waals surface area contributed by atoms with Crippen LogP contribution in [-0.4, -0.2) is 35.3 Å². The van der Waals surface area contributed by atoms with Crippen molar-refractivity contribution in [3.05, 3.63) is 59.8 Å². The Balaban J connectivity index is 1.55. The molecule has 0 saturated carbocycles. The van der Waals surface area contributed by atoms with Crippen molar-refractivity contribution in [2.24, 2.45) is 0 Å². The fourth-order valence-corrected chi connectivity index (χ4v) is 3.49. The molecule has 1 fully saturated rings. The van der Waals surface area contributed by atoms with Crippen molar-refractivity contribution >= 4 is 51.7 Å². The number of ether oxygens (including phenoxy) is 1. The summed E-state index contributed by atoms with van der Waals surface area (Å²) >= 11 is 0. The van der Waals surface area contributed by atoms with Gasteiger partial charge < -0.3 is 15.8 Å². The van der Waals surface area contributed by atoms with Gasteiger partial charge in [0.25, 0.3) is 5.91 Å². The van der Waals surface area contributed by atoms with Gasteiger partial charge in [0.15, 0.2) is 0 Å². The lowest BCUT2D eigenvalue weighted by Gasteiger charge is -2.14. The Morgan fingerprint density at radius 2 is 1.78 bits per heavy atom. The molecule has 9 heteroatoms. The van der Waals surface area contributed by atoms with Gasteiger partial charge in [0.1, 0.15) is 5.56 Å². The van der Waals surface area contributed by atoms with E-state index in [1.165, 1.54) is 6.20 Å². The first kappa shape index (κ1) is 21.0. The topological polar surface area (TPSA) is 132 Å². The number of esters is 1. The van der Waals surface area contributed by atoms with Crippen LogP contribution < -0.4 is 16.0 Å². The average molecular weight is 432 g/mol. The molecule has 1 aliphatic rings. The van der Waals surface area contributed by atoms with Gasteiger partial charge in [0, 0.05) is 35.7 Å². The van der Waals surface area contributed by atoms with Gasteiger partial charge in [0.2, 0.25) is 11.8 Å². The Morgan fingerprint density at radius 3 is 2.44 bits per heavy atom. The number of imide groups is 1. The number of nitrogen functional groups attached to an aromatic ring is 1. The zero-order valence-electron chi connectivity index (χ0n) is 17.3. The number of nitrogens with zero attached hydrogens (tertiary/aromatic N) is 2. The SMILES string of the molecule is CCOC(=O)c1cnc2ccc(NC(=O)c3ccc(N4C(=O)CCC4=O)cc3)cc2c1N. The number of pyridine rings is 1. The van der Waals surface area contributed by atoms with E-state index in [9.17, 15) is 19.2 Å². The van der Waals surface area contributed by atoms with Crippen LogP contribution in [0.5, 0.6) is 0 Å². The number of fused-ring (bicyclic) bond motifs is 1. The van der Waals surface area contributed by atoms with Crippen LogP contribution >= 0.6 is 0 Å². The second-order valence-electron chi connectivity index (χ2n) is 7.16. The van der Waals surface area contributed by atoms with Gasteiger partial charge in [-0.25, -0.2) is 4.79 Å². The standard InChI is InChI=1S/C23H20N4O5/c1-2-32-23(31)17-12-25-18-8-5-14(11-16(18)21(17)24)26-22(30)13-3-6-15(7-4-13)27-19(28)9-10-20(27)29/h3-8,11-12H,2,9-10H2,1H3,(H2,24,25)(H,26,30). The fraction of sp³-hybridized carbons (Fsp3) is 0.174. The summed E-state index contributed by atoms with van der Waals surface area (Å²) in [6.07, 6.45) is 1.75. The maximum absolute atomic E-state index is 12.7. The number of nitrogens with one attached hydrogen (secondary N) is 1. The average Bonchev–Trinajstić information content (AvgIpc) is 3.12. The molecule has 0 unspecified atom stereocenters. The Morgan fingerprint density at radius 1 is 1.09 bits per heavy atom. The number of anilines is 3. The molecular formula is C23H20N4O5. The number of amides is 3. The first-order valence-electron chi connectivity index (χ1n) is 10.0. The van der Waals surface area contributed by atoms with E-state index in [0.29, 0.717) is 27.8 Å². The van der Waals surface area contributed by atoms with E-state index in [0.717, 1.165) is 4.90 Å². The Hall–Kier alpha value is -4.27. The summed E-state index contributed by atoms with van der Waals surface area (Å²) in [6, 6.07) is 11.2. The van der Waals surface area contributed by atoms with Crippen LogP contribution in [-0.2, 0) is 14.3 Å². The Labute approximate surface area is 183 Å². The minimum Gasteiger partial charge on any atom is -0.462 e. The maximum Gasteiger partial charge on any atom is 0.341 e. The predicted molar refractivity (Wildman–Crippen MR) is 118 cm³/mol. The second kappa shape index (κ2) is 8.46. The summed E-state index contributed by atoms with van der Waals surface area (Å²) in [5, 5.41) is 3.28. The van der Waals surface area contributed by atoms with Crippen molar-refractivity contribution in [1.29, 1.82) is 0 Å². The smallest absolute Gasteiger partial charge is 0.341 e. The molecule has 1 saturated heterocycles. The second-order valence-corrected chi connectivity index (χ2v) is 7.16. The van der Waals surface area contributed by atoms with Crippen molar-refractivity contribution in [1.82, 2.24) is 4.98 Å². The zero-order valence-corrected chi connectivity index (χ0v) is 17.3. The highest BCUT2D eigenvalue weighted by molar-refractivity contribution is 6.20. The van der Waals surface area contributed by atoms with E-state index in [4.69, 9.17) is 10.5 Å². The molecular weight excluding hydrogens is 412 g/mol. The lowest BCUT2D eigenvalue weighted by atomic mass is 10.1. The van der Waals surface area contributed by atoms with Crippen molar-refractivity contribution in [3.8, 4) is 0 Å². The molecule has 0 atom stereocenters. The first-order chi connectivity index (χ1) is 15.4. The van der Waals surface area contributed by atoms with Crippen molar-refractivity contribution < 1.29 is 23.9 Å². The summed E-state index contributed by atoms with van der Waals surface area (Å²) in [5.41, 5.74) is 8.33. The Kier molecular flexibility index (Phi) is 5.55. The third kappa shape index (κ3) is 3.87. The van der Waals surface area contributed by atoms with E-state index < -0.39 is 5.97 Å². The zero-order chi connectivity index (χ0) is 22.8. The van der Waals surface area contributed by atoms with Gasteiger partial charge in [0.05, 0.1) is 23.5 Å². The number of benzene rings is 2. The van der Waals surface area contributed by atoms with Gasteiger partial charge >= 0.3 is 5.97 Å². The lowest BCUT2D eigenvalue weighted by molar-refractivity contribution is -0.121. The van der Waals surface area contributed by atoms with E-state index in [-0.39, 0.29) is 48.4 Å². The van der Waals surface area contributed by atoms with Crippen LogP contribution in [0.4, 0.5) is 17.1 Å². The lowest BCUT2D eigenvalue weighted by Crippen LogP contribution is -2.28. The molecule has 0 spiro atoms. The highest BCUT2D eigenvalue weighted by Gasteiger charge is 2.30. The molecule has 0 aliphatic carbocycles. The molecule has 4 rings (SSSR count). The number of carbonyl (C=O) groups excluding carboxylic acids is 4. The summed E-state index contributed by atoms with van der Waals surface area (Å²) in [5.74, 6) is -1.46. The van der Waals surface area contributed by atoms with Gasteiger partial charge in [-0.1, -0.05) is 0 Å². The Bertz CT molecular complexity index is 1240. The van der Waals surface area contributed by atoms with Gasteiger partial charge in [-0.2, -0.15) is 0 Å². The molecule has 3 amide bonds. The molecule has 2 heterocycles. The molecule has 0 bridgehead atoms. The van der Waals surface area contributed by atoms with Crippen LogP contribution in [0.25, 0.3) is 10.9 Å². The number of hydrogen-bond donors (Lipinski definition) is 2. The monoisotopic (exact) mass is 432 g/mol. The van der Waals surface area contributed by atoms with Gasteiger partial charge in [-0.15, -0.1) is 0 Å². The third-order valence-electron chi connectivity index (χ3n) is 5.10. The molecule has 162 valence electrons. The predicted octanol–water partition coefficient (Wildman–Crippen LogP) is 2.90. The van der Waals surface area contributed by atoms with E-state index >= 15 is 0 Å². The largest absolute Gasteiger partial charge is 0.462 e. The number of hydrogen-bond acceptors (Lipinski definition) is 7. The molecule has 3 aromatic rings. The molecule has 2 aromatic carbocycles. The van der Waals surface area contributed by atoms with Crippen LogP contribution in [0, 0.1) is 0 Å². The van der Waals surface area contributed by atoms with Crippen molar-refractivity contribution in [3.63, 3.8) is 0 Å². The third-order valence-corrected chi connectivity index (χ3v) is 5.10. The summed E-state index contributed by atoms with van der Waals surface area (Å²) in [4.78, 5) is 53.8. The molecule has 32 heavy (non-hydrogen) atoms. The number of aromatic nitrogens is 1. The van der Waals surface area contributed by atoms with Crippen LogP contribution in [0.3, 0.4) is 0 Å². The molecule has 1 aromatic heterocycles. The molecule has 3 N–H and O–H groups in total. The molecule has 0 radical (unpaired) electrons. The van der Waals surface area contributed by atoms with Crippen LogP contribution in [0.15, 0.2) is 48.7 Å².